The lowest BCUT2D eigenvalue weighted by Crippen LogP contribution is -2.38. The third kappa shape index (κ3) is 4.19. The minimum Gasteiger partial charge on any atom is -0.481 e. The highest BCUT2D eigenvalue weighted by molar-refractivity contribution is 8.00. The molecule has 0 aliphatic carbocycles. The second-order valence-electron chi connectivity index (χ2n) is 6.10. The Hall–Kier alpha value is -0.710. The van der Waals surface area contributed by atoms with Crippen molar-refractivity contribution in [1.29, 1.82) is 0 Å². The average molecular weight is 273 g/mol. The van der Waals surface area contributed by atoms with Gasteiger partial charge in [-0.25, -0.2) is 0 Å². The van der Waals surface area contributed by atoms with Gasteiger partial charge in [0.05, 0.1) is 5.41 Å². The molecule has 1 amide bonds. The van der Waals surface area contributed by atoms with E-state index in [-0.39, 0.29) is 17.1 Å². The molecule has 104 valence electrons. The van der Waals surface area contributed by atoms with Crippen LogP contribution in [0.2, 0.25) is 0 Å². The van der Waals surface area contributed by atoms with Crippen LogP contribution in [0.4, 0.5) is 0 Å². The number of carbonyl (C=O) groups excluding carboxylic acids is 1. The topological polar surface area (TPSA) is 57.6 Å². The number of hydrogen-bond donors (Lipinski definition) is 1. The standard InChI is InChI=1S/C13H23NO3S/c1-12(2,11(16)17)9-10(15)14-6-5-13(3,4)18-8-7-14/h5-9H2,1-4H3,(H,16,17). The van der Waals surface area contributed by atoms with Gasteiger partial charge in [-0.15, -0.1) is 0 Å². The van der Waals surface area contributed by atoms with Crippen molar-refractivity contribution in [2.24, 2.45) is 5.41 Å². The van der Waals surface area contributed by atoms with E-state index in [1.165, 1.54) is 0 Å². The molecule has 0 aromatic heterocycles. The van der Waals surface area contributed by atoms with E-state index in [2.05, 4.69) is 13.8 Å². The summed E-state index contributed by atoms with van der Waals surface area (Å²) in [4.78, 5) is 25.0. The van der Waals surface area contributed by atoms with E-state index in [4.69, 9.17) is 5.11 Å². The van der Waals surface area contributed by atoms with E-state index in [1.807, 2.05) is 16.7 Å². The molecular formula is C13H23NO3S. The molecule has 4 nitrogen and oxygen atoms in total. The van der Waals surface area contributed by atoms with Crippen LogP contribution in [0.3, 0.4) is 0 Å². The van der Waals surface area contributed by atoms with Crippen LogP contribution >= 0.6 is 11.8 Å². The van der Waals surface area contributed by atoms with Crippen molar-refractivity contribution in [2.45, 2.75) is 45.3 Å². The van der Waals surface area contributed by atoms with Gasteiger partial charge in [-0.3, -0.25) is 9.59 Å². The van der Waals surface area contributed by atoms with Gasteiger partial charge in [-0.05, 0) is 20.3 Å². The first-order chi connectivity index (χ1) is 8.14. The van der Waals surface area contributed by atoms with E-state index in [1.54, 1.807) is 13.8 Å². The second kappa shape index (κ2) is 5.51. The van der Waals surface area contributed by atoms with E-state index < -0.39 is 11.4 Å². The number of amides is 1. The molecule has 0 atom stereocenters. The maximum absolute atomic E-state index is 12.1. The molecule has 0 aromatic carbocycles. The Morgan fingerprint density at radius 1 is 1.33 bits per heavy atom. The Labute approximate surface area is 113 Å². The molecule has 0 saturated carbocycles. The molecule has 1 rings (SSSR count). The monoisotopic (exact) mass is 273 g/mol. The lowest BCUT2D eigenvalue weighted by molar-refractivity contribution is -0.151. The SMILES string of the molecule is CC1(C)CCN(C(=O)CC(C)(C)C(=O)O)CCS1. The summed E-state index contributed by atoms with van der Waals surface area (Å²) < 4.78 is 0.206. The van der Waals surface area contributed by atoms with Gasteiger partial charge in [0.1, 0.15) is 0 Å². The van der Waals surface area contributed by atoms with Crippen LogP contribution in [0.5, 0.6) is 0 Å². The van der Waals surface area contributed by atoms with E-state index in [9.17, 15) is 9.59 Å². The maximum Gasteiger partial charge on any atom is 0.309 e. The van der Waals surface area contributed by atoms with Crippen molar-refractivity contribution >= 4 is 23.6 Å². The summed E-state index contributed by atoms with van der Waals surface area (Å²) in [7, 11) is 0. The van der Waals surface area contributed by atoms with Crippen LogP contribution in [-0.2, 0) is 9.59 Å². The number of thioether (sulfide) groups is 1. The lowest BCUT2D eigenvalue weighted by atomic mass is 9.89. The predicted molar refractivity (Wildman–Crippen MR) is 73.8 cm³/mol. The number of aliphatic carboxylic acids is 1. The minimum atomic E-state index is -0.980. The summed E-state index contributed by atoms with van der Waals surface area (Å²) in [5.41, 5.74) is -0.980. The zero-order valence-corrected chi connectivity index (χ0v) is 12.5. The Bertz CT molecular complexity index is 339. The highest BCUT2D eigenvalue weighted by Gasteiger charge is 2.33. The number of hydrogen-bond acceptors (Lipinski definition) is 3. The Morgan fingerprint density at radius 2 is 1.94 bits per heavy atom. The van der Waals surface area contributed by atoms with Gasteiger partial charge in [-0.2, -0.15) is 11.8 Å². The van der Waals surface area contributed by atoms with E-state index in [0.29, 0.717) is 0 Å². The van der Waals surface area contributed by atoms with Crippen LogP contribution < -0.4 is 0 Å². The van der Waals surface area contributed by atoms with Crippen molar-refractivity contribution in [3.8, 4) is 0 Å². The van der Waals surface area contributed by atoms with Crippen LogP contribution in [0.15, 0.2) is 0 Å². The predicted octanol–water partition coefficient (Wildman–Crippen LogP) is 2.23. The van der Waals surface area contributed by atoms with Crippen LogP contribution in [0.1, 0.15) is 40.5 Å². The molecule has 0 unspecified atom stereocenters. The number of carboxylic acids is 1. The molecule has 18 heavy (non-hydrogen) atoms. The number of rotatable bonds is 3. The zero-order chi connectivity index (χ0) is 14.0. The van der Waals surface area contributed by atoms with Gasteiger partial charge in [0.15, 0.2) is 0 Å². The lowest BCUT2D eigenvalue weighted by Gasteiger charge is -2.26. The molecule has 1 fully saturated rings. The molecule has 0 radical (unpaired) electrons. The van der Waals surface area contributed by atoms with Crippen molar-refractivity contribution < 1.29 is 14.7 Å². The summed E-state index contributed by atoms with van der Waals surface area (Å²) in [5.74, 6) is -0.0345. The smallest absolute Gasteiger partial charge is 0.309 e. The minimum absolute atomic E-state index is 0.0410. The van der Waals surface area contributed by atoms with Gasteiger partial charge >= 0.3 is 5.97 Å². The maximum atomic E-state index is 12.1. The quantitative estimate of drug-likeness (QED) is 0.856. The molecule has 1 N–H and O–H groups in total. The number of carboxylic acid groups (broad SMARTS) is 1. The molecule has 0 spiro atoms. The van der Waals surface area contributed by atoms with Crippen molar-refractivity contribution in [3.63, 3.8) is 0 Å². The Balaban J connectivity index is 2.60. The summed E-state index contributed by atoms with van der Waals surface area (Å²) in [6.07, 6.45) is 1.03. The molecular weight excluding hydrogens is 250 g/mol. The van der Waals surface area contributed by atoms with Gasteiger partial charge in [0.25, 0.3) is 0 Å². The van der Waals surface area contributed by atoms with Gasteiger partial charge in [0, 0.05) is 30.0 Å². The summed E-state index contributed by atoms with van der Waals surface area (Å²) >= 11 is 1.88. The van der Waals surface area contributed by atoms with Gasteiger partial charge < -0.3 is 10.0 Å². The number of nitrogens with zero attached hydrogens (tertiary/aromatic N) is 1. The second-order valence-corrected chi connectivity index (χ2v) is 7.91. The third-order valence-corrected chi connectivity index (χ3v) is 4.73. The largest absolute Gasteiger partial charge is 0.481 e. The van der Waals surface area contributed by atoms with Gasteiger partial charge in [0.2, 0.25) is 5.91 Å². The van der Waals surface area contributed by atoms with Crippen molar-refractivity contribution in [3.05, 3.63) is 0 Å². The molecule has 1 aliphatic rings. The molecule has 1 heterocycles. The van der Waals surface area contributed by atoms with Crippen LogP contribution in [0, 0.1) is 5.41 Å². The first-order valence-corrected chi connectivity index (χ1v) is 7.28. The Kier molecular flexibility index (Phi) is 4.70. The Morgan fingerprint density at radius 3 is 2.50 bits per heavy atom. The van der Waals surface area contributed by atoms with Crippen molar-refractivity contribution in [2.75, 3.05) is 18.8 Å². The molecule has 1 aliphatic heterocycles. The molecule has 1 saturated heterocycles. The van der Waals surface area contributed by atoms with E-state index in [0.717, 1.165) is 25.3 Å². The first-order valence-electron chi connectivity index (χ1n) is 6.29. The summed E-state index contributed by atoms with van der Waals surface area (Å²) in [6, 6.07) is 0. The fourth-order valence-electron chi connectivity index (χ4n) is 1.84. The molecule has 0 aromatic rings. The van der Waals surface area contributed by atoms with Gasteiger partial charge in [-0.1, -0.05) is 13.8 Å². The average Bonchev–Trinajstić information content (AvgIpc) is 2.38. The fraction of sp³-hybridized carbons (Fsp3) is 0.846. The normalized spacial score (nSPS) is 20.3. The zero-order valence-electron chi connectivity index (χ0n) is 11.7. The third-order valence-electron chi connectivity index (χ3n) is 3.36. The molecule has 5 heteroatoms. The first kappa shape index (κ1) is 15.3. The highest BCUT2D eigenvalue weighted by Crippen LogP contribution is 2.31. The molecule has 0 bridgehead atoms. The van der Waals surface area contributed by atoms with E-state index >= 15 is 0 Å². The van der Waals surface area contributed by atoms with Crippen molar-refractivity contribution in [1.82, 2.24) is 4.90 Å². The number of carbonyl (C=O) groups is 2. The summed E-state index contributed by atoms with van der Waals surface area (Å²) in [6.45, 7) is 9.03. The van der Waals surface area contributed by atoms with Crippen LogP contribution in [0.25, 0.3) is 0 Å². The highest BCUT2D eigenvalue weighted by atomic mass is 32.2. The summed E-state index contributed by atoms with van der Waals surface area (Å²) in [5, 5.41) is 9.05. The van der Waals surface area contributed by atoms with Crippen LogP contribution in [-0.4, -0.2) is 45.5 Å². The fourth-order valence-corrected chi connectivity index (χ4v) is 2.94.